The molecule has 3 rings (SSSR count). The largest absolute Gasteiger partial charge is 0.489 e. The zero-order chi connectivity index (χ0) is 21.1. The van der Waals surface area contributed by atoms with Gasteiger partial charge in [-0.05, 0) is 36.8 Å². The van der Waals surface area contributed by atoms with Crippen LogP contribution in [0.5, 0.6) is 11.5 Å². The number of carboxylic acid groups (broad SMARTS) is 1. The fourth-order valence-electron chi connectivity index (χ4n) is 2.67. The third-order valence-corrected chi connectivity index (χ3v) is 5.89. The van der Waals surface area contributed by atoms with Gasteiger partial charge in [0.25, 0.3) is 5.91 Å². The van der Waals surface area contributed by atoms with E-state index in [1.807, 2.05) is 0 Å². The molecule has 0 radical (unpaired) electrons. The van der Waals surface area contributed by atoms with Gasteiger partial charge in [0.2, 0.25) is 0 Å². The summed E-state index contributed by atoms with van der Waals surface area (Å²) in [4.78, 5) is 23.3. The highest BCUT2D eigenvalue weighted by molar-refractivity contribution is 7.21. The van der Waals surface area contributed by atoms with Crippen LogP contribution in [-0.4, -0.2) is 23.1 Å². The number of aliphatic carboxylic acids is 1. The van der Waals surface area contributed by atoms with Gasteiger partial charge in [0.15, 0.2) is 11.9 Å². The van der Waals surface area contributed by atoms with Crippen LogP contribution >= 0.6 is 34.5 Å². The monoisotopic (exact) mass is 453 g/mol. The van der Waals surface area contributed by atoms with Crippen molar-refractivity contribution in [1.29, 1.82) is 0 Å². The van der Waals surface area contributed by atoms with E-state index in [9.17, 15) is 14.7 Å². The molecular weight excluding hydrogens is 437 g/mol. The fraction of sp³-hybridized carbons (Fsp3) is 0.200. The first-order chi connectivity index (χ1) is 13.8. The van der Waals surface area contributed by atoms with Crippen LogP contribution < -0.4 is 15.2 Å². The molecule has 152 valence electrons. The smallest absolute Gasteiger partial charge is 0.344 e. The lowest BCUT2D eigenvalue weighted by atomic mass is 10.2. The van der Waals surface area contributed by atoms with Crippen LogP contribution in [0.3, 0.4) is 0 Å². The minimum absolute atomic E-state index is 0.164. The van der Waals surface area contributed by atoms with Crippen molar-refractivity contribution >= 4 is 56.5 Å². The average Bonchev–Trinajstić information content (AvgIpc) is 3.03. The minimum atomic E-state index is -1.11. The molecule has 1 amide bonds. The van der Waals surface area contributed by atoms with Gasteiger partial charge in [0.05, 0.1) is 0 Å². The van der Waals surface area contributed by atoms with E-state index in [0.29, 0.717) is 25.9 Å². The van der Waals surface area contributed by atoms with Gasteiger partial charge < -0.3 is 20.3 Å². The highest BCUT2D eigenvalue weighted by atomic mass is 35.5. The minimum Gasteiger partial charge on any atom is -0.489 e. The highest BCUT2D eigenvalue weighted by Gasteiger charge is 2.24. The Bertz CT molecular complexity index is 1080. The number of benzene rings is 2. The lowest BCUT2D eigenvalue weighted by molar-refractivity contribution is -0.145. The van der Waals surface area contributed by atoms with Crippen LogP contribution in [0.15, 0.2) is 36.4 Å². The Balaban J connectivity index is 1.89. The normalized spacial score (nSPS) is 12.0. The molecule has 1 aromatic heterocycles. The molecule has 0 fully saturated rings. The van der Waals surface area contributed by atoms with E-state index in [-0.39, 0.29) is 23.7 Å². The summed E-state index contributed by atoms with van der Waals surface area (Å²) in [5, 5.41) is 10.9. The SMILES string of the molecule is CCC(Oc1c(C(N)=O)sc2cc(OCc3ccc(Cl)cc3Cl)ccc12)C(=O)O. The molecule has 3 N–H and O–H groups in total. The van der Waals surface area contributed by atoms with Gasteiger partial charge in [-0.3, -0.25) is 4.79 Å². The number of thiophene rings is 1. The van der Waals surface area contributed by atoms with E-state index in [1.165, 1.54) is 0 Å². The molecule has 1 atom stereocenters. The summed E-state index contributed by atoms with van der Waals surface area (Å²) in [5.41, 5.74) is 6.24. The molecule has 9 heteroatoms. The van der Waals surface area contributed by atoms with E-state index in [1.54, 1.807) is 43.3 Å². The standard InChI is InChI=1S/C20H17Cl2NO5S/c1-2-15(20(25)26)28-17-13-6-5-12(8-16(13)29-18(17)19(23)24)27-9-10-3-4-11(21)7-14(10)22/h3-8,15H,2,9H2,1H3,(H2,23,24)(H,25,26). The van der Waals surface area contributed by atoms with Crippen molar-refractivity contribution < 1.29 is 24.2 Å². The van der Waals surface area contributed by atoms with Gasteiger partial charge in [-0.15, -0.1) is 11.3 Å². The number of halogens is 2. The zero-order valence-corrected chi connectivity index (χ0v) is 17.6. The topological polar surface area (TPSA) is 98.9 Å². The number of nitrogens with two attached hydrogens (primary N) is 1. The van der Waals surface area contributed by atoms with Crippen LogP contribution in [-0.2, 0) is 11.4 Å². The van der Waals surface area contributed by atoms with Crippen molar-refractivity contribution in [3.05, 3.63) is 56.9 Å². The van der Waals surface area contributed by atoms with E-state index < -0.39 is 18.0 Å². The molecule has 1 unspecified atom stereocenters. The summed E-state index contributed by atoms with van der Waals surface area (Å²) < 4.78 is 12.1. The number of carbonyl (C=O) groups excluding carboxylic acids is 1. The van der Waals surface area contributed by atoms with Gasteiger partial charge >= 0.3 is 5.97 Å². The molecule has 0 spiro atoms. The number of rotatable bonds is 8. The summed E-state index contributed by atoms with van der Waals surface area (Å²) in [7, 11) is 0. The first kappa shape index (κ1) is 21.2. The van der Waals surface area contributed by atoms with Gasteiger partial charge in [0.1, 0.15) is 17.2 Å². The van der Waals surface area contributed by atoms with Crippen molar-refractivity contribution in [3.8, 4) is 11.5 Å². The molecule has 3 aromatic rings. The van der Waals surface area contributed by atoms with Gasteiger partial charge in [-0.1, -0.05) is 36.2 Å². The molecule has 6 nitrogen and oxygen atoms in total. The first-order valence-electron chi connectivity index (χ1n) is 8.62. The van der Waals surface area contributed by atoms with Crippen LogP contribution in [0.25, 0.3) is 10.1 Å². The maximum absolute atomic E-state index is 11.8. The van der Waals surface area contributed by atoms with Crippen LogP contribution in [0.1, 0.15) is 28.6 Å². The van der Waals surface area contributed by atoms with Crippen molar-refractivity contribution in [2.45, 2.75) is 26.1 Å². The van der Waals surface area contributed by atoms with Crippen molar-refractivity contribution in [1.82, 2.24) is 0 Å². The molecule has 0 aliphatic rings. The third-order valence-electron chi connectivity index (χ3n) is 4.16. The average molecular weight is 454 g/mol. The lowest BCUT2D eigenvalue weighted by Gasteiger charge is -2.13. The quantitative estimate of drug-likeness (QED) is 0.492. The predicted octanol–water partition coefficient (Wildman–Crippen LogP) is 5.13. The Labute approximate surface area is 180 Å². The van der Waals surface area contributed by atoms with E-state index in [0.717, 1.165) is 16.9 Å². The number of primary amides is 1. The number of hydrogen-bond donors (Lipinski definition) is 2. The Morgan fingerprint density at radius 2 is 1.97 bits per heavy atom. The van der Waals surface area contributed by atoms with Gasteiger partial charge in [-0.25, -0.2) is 4.79 Å². The summed E-state index contributed by atoms with van der Waals surface area (Å²) in [6.45, 7) is 1.92. The second-order valence-corrected chi connectivity index (χ2v) is 8.06. The molecular formula is C20H17Cl2NO5S. The van der Waals surface area contributed by atoms with Crippen molar-refractivity contribution in [2.75, 3.05) is 0 Å². The number of fused-ring (bicyclic) bond motifs is 1. The molecule has 0 aliphatic carbocycles. The van der Waals surface area contributed by atoms with Crippen LogP contribution in [0, 0.1) is 0 Å². The Morgan fingerprint density at radius 3 is 2.59 bits per heavy atom. The number of carboxylic acids is 1. The van der Waals surface area contributed by atoms with Gasteiger partial charge in [-0.2, -0.15) is 0 Å². The van der Waals surface area contributed by atoms with Gasteiger partial charge in [0, 0.05) is 25.7 Å². The molecule has 0 saturated carbocycles. The third kappa shape index (κ3) is 4.75. The zero-order valence-electron chi connectivity index (χ0n) is 15.3. The summed E-state index contributed by atoms with van der Waals surface area (Å²) in [5.74, 6) is -1.06. The van der Waals surface area contributed by atoms with Crippen molar-refractivity contribution in [2.24, 2.45) is 5.73 Å². The van der Waals surface area contributed by atoms with E-state index in [4.69, 9.17) is 38.4 Å². The fourth-order valence-corrected chi connectivity index (χ4v) is 4.15. The number of carbonyl (C=O) groups is 2. The second kappa shape index (κ2) is 8.90. The van der Waals surface area contributed by atoms with E-state index in [2.05, 4.69) is 0 Å². The van der Waals surface area contributed by atoms with Crippen LogP contribution in [0.2, 0.25) is 10.0 Å². The summed E-state index contributed by atoms with van der Waals surface area (Å²) >= 11 is 13.2. The van der Waals surface area contributed by atoms with Crippen LogP contribution in [0.4, 0.5) is 0 Å². The predicted molar refractivity (Wildman–Crippen MR) is 113 cm³/mol. The van der Waals surface area contributed by atoms with Crippen molar-refractivity contribution in [3.63, 3.8) is 0 Å². The highest BCUT2D eigenvalue weighted by Crippen LogP contribution is 2.40. The maximum atomic E-state index is 11.8. The summed E-state index contributed by atoms with van der Waals surface area (Å²) in [6, 6.07) is 10.3. The maximum Gasteiger partial charge on any atom is 0.344 e. The second-order valence-electron chi connectivity index (χ2n) is 6.16. The molecule has 0 bridgehead atoms. The Kier molecular flexibility index (Phi) is 6.52. The Hall–Kier alpha value is -2.48. The molecule has 1 heterocycles. The Morgan fingerprint density at radius 1 is 1.21 bits per heavy atom. The number of ether oxygens (including phenoxy) is 2. The summed E-state index contributed by atoms with van der Waals surface area (Å²) in [6.07, 6.45) is -0.831. The molecule has 0 saturated heterocycles. The molecule has 0 aliphatic heterocycles. The first-order valence-corrected chi connectivity index (χ1v) is 10.2. The molecule has 29 heavy (non-hydrogen) atoms. The number of hydrogen-bond acceptors (Lipinski definition) is 5. The molecule has 2 aromatic carbocycles. The number of amides is 1. The lowest BCUT2D eigenvalue weighted by Crippen LogP contribution is -2.26. The van der Waals surface area contributed by atoms with E-state index >= 15 is 0 Å².